The zero-order chi connectivity index (χ0) is 13.1. The first kappa shape index (κ1) is 14.0. The number of carbonyl (C=O) groups is 2. The lowest BCUT2D eigenvalue weighted by Gasteiger charge is -2.32. The number of likely N-dealkylation sites (tertiary alicyclic amines) is 1. The van der Waals surface area contributed by atoms with Gasteiger partial charge in [-0.05, 0) is 33.6 Å². The summed E-state index contributed by atoms with van der Waals surface area (Å²) in [7, 11) is 0. The highest BCUT2D eigenvalue weighted by atomic mass is 16.6. The number of piperidine rings is 1. The molecule has 98 valence electrons. The summed E-state index contributed by atoms with van der Waals surface area (Å²) in [5.74, 6) is -1.20. The van der Waals surface area contributed by atoms with Gasteiger partial charge in [0.05, 0.1) is 0 Å². The van der Waals surface area contributed by atoms with Crippen LogP contribution >= 0.6 is 0 Å². The first-order valence-corrected chi connectivity index (χ1v) is 6.07. The number of carbonyl (C=O) groups excluding carboxylic acids is 2. The van der Waals surface area contributed by atoms with Crippen LogP contribution in [0.4, 0.5) is 0 Å². The third-order valence-electron chi connectivity index (χ3n) is 2.62. The molecule has 1 rings (SSSR count). The van der Waals surface area contributed by atoms with Gasteiger partial charge in [0.15, 0.2) is 0 Å². The Morgan fingerprint density at radius 1 is 1.53 bits per heavy atom. The van der Waals surface area contributed by atoms with Gasteiger partial charge in [0.25, 0.3) is 0 Å². The van der Waals surface area contributed by atoms with Crippen molar-refractivity contribution >= 4 is 11.9 Å². The minimum atomic E-state index is -0.644. The number of hydrogen-bond donors (Lipinski definition) is 1. The Morgan fingerprint density at radius 2 is 2.18 bits per heavy atom. The fraction of sp³-hybridized carbons (Fsp3) is 0.833. The second kappa shape index (κ2) is 5.49. The van der Waals surface area contributed by atoms with Crippen LogP contribution in [0.1, 0.15) is 33.6 Å². The van der Waals surface area contributed by atoms with E-state index in [0.717, 1.165) is 6.42 Å². The molecule has 1 unspecified atom stereocenters. The number of rotatable bonds is 3. The third kappa shape index (κ3) is 4.00. The number of amides is 1. The maximum absolute atomic E-state index is 12.0. The average molecular weight is 242 g/mol. The molecule has 17 heavy (non-hydrogen) atoms. The van der Waals surface area contributed by atoms with E-state index in [2.05, 4.69) is 0 Å². The minimum Gasteiger partial charge on any atom is -0.459 e. The average Bonchev–Trinajstić information content (AvgIpc) is 2.18. The molecule has 1 amide bonds. The van der Waals surface area contributed by atoms with Crippen molar-refractivity contribution < 1.29 is 14.3 Å². The van der Waals surface area contributed by atoms with Gasteiger partial charge in [-0.2, -0.15) is 0 Å². The van der Waals surface area contributed by atoms with Crippen molar-refractivity contribution in [3.05, 3.63) is 0 Å². The Labute approximate surface area is 102 Å². The topological polar surface area (TPSA) is 72.6 Å². The van der Waals surface area contributed by atoms with Crippen LogP contribution in [0.5, 0.6) is 0 Å². The second-order valence-electron chi connectivity index (χ2n) is 5.34. The molecular weight excluding hydrogens is 220 g/mol. The van der Waals surface area contributed by atoms with Crippen molar-refractivity contribution in [2.24, 2.45) is 11.7 Å². The predicted octanol–water partition coefficient (Wildman–Crippen LogP) is 0.525. The molecule has 1 aliphatic rings. The summed E-state index contributed by atoms with van der Waals surface area (Å²) in [4.78, 5) is 25.5. The molecule has 2 N–H and O–H groups in total. The molecule has 1 aliphatic heterocycles. The highest BCUT2D eigenvalue weighted by molar-refractivity contribution is 5.98. The van der Waals surface area contributed by atoms with Crippen LogP contribution < -0.4 is 5.73 Å². The summed E-state index contributed by atoms with van der Waals surface area (Å²) < 4.78 is 5.26. The van der Waals surface area contributed by atoms with Gasteiger partial charge in [0, 0.05) is 19.6 Å². The van der Waals surface area contributed by atoms with Crippen molar-refractivity contribution in [1.82, 2.24) is 4.90 Å². The first-order chi connectivity index (χ1) is 7.85. The Bertz CT molecular complexity index is 295. The summed E-state index contributed by atoms with van der Waals surface area (Å²) in [6.07, 6.45) is 1.41. The van der Waals surface area contributed by atoms with Gasteiger partial charge in [-0.15, -0.1) is 0 Å². The van der Waals surface area contributed by atoms with Crippen LogP contribution in [0.3, 0.4) is 0 Å². The van der Waals surface area contributed by atoms with Crippen LogP contribution in [0.2, 0.25) is 0 Å². The van der Waals surface area contributed by atoms with Gasteiger partial charge in [0.2, 0.25) is 5.91 Å². The molecule has 0 saturated carbocycles. The quantitative estimate of drug-likeness (QED) is 0.578. The van der Waals surface area contributed by atoms with E-state index >= 15 is 0 Å². The summed E-state index contributed by atoms with van der Waals surface area (Å²) in [5.41, 5.74) is 4.89. The number of esters is 1. The molecule has 1 saturated heterocycles. The van der Waals surface area contributed by atoms with Gasteiger partial charge in [0.1, 0.15) is 11.5 Å². The van der Waals surface area contributed by atoms with Crippen molar-refractivity contribution in [2.45, 2.75) is 39.2 Å². The smallest absolute Gasteiger partial charge is 0.319 e. The molecule has 0 radical (unpaired) electrons. The molecule has 5 nitrogen and oxygen atoms in total. The van der Waals surface area contributed by atoms with E-state index in [-0.39, 0.29) is 5.91 Å². The zero-order valence-corrected chi connectivity index (χ0v) is 10.9. The van der Waals surface area contributed by atoms with Gasteiger partial charge >= 0.3 is 5.97 Å². The molecule has 1 heterocycles. The third-order valence-corrected chi connectivity index (χ3v) is 2.62. The predicted molar refractivity (Wildman–Crippen MR) is 64.2 cm³/mol. The van der Waals surface area contributed by atoms with Gasteiger partial charge in [-0.25, -0.2) is 0 Å². The van der Waals surface area contributed by atoms with E-state index < -0.39 is 17.5 Å². The molecule has 0 bridgehead atoms. The Balaban J connectivity index is 2.64. The summed E-state index contributed by atoms with van der Waals surface area (Å²) in [6.45, 7) is 7.03. The molecule has 0 spiro atoms. The summed E-state index contributed by atoms with van der Waals surface area (Å²) >= 11 is 0. The fourth-order valence-corrected chi connectivity index (χ4v) is 1.91. The molecule has 0 aromatic rings. The largest absolute Gasteiger partial charge is 0.459 e. The van der Waals surface area contributed by atoms with Crippen LogP contribution in [-0.2, 0) is 14.3 Å². The fourth-order valence-electron chi connectivity index (χ4n) is 1.91. The van der Waals surface area contributed by atoms with E-state index in [0.29, 0.717) is 26.1 Å². The molecule has 1 atom stereocenters. The van der Waals surface area contributed by atoms with E-state index in [4.69, 9.17) is 10.5 Å². The van der Waals surface area contributed by atoms with Crippen LogP contribution in [-0.4, -0.2) is 42.0 Å². The molecule has 0 aromatic carbocycles. The summed E-state index contributed by atoms with van der Waals surface area (Å²) in [5, 5.41) is 0. The number of nitrogens with zero attached hydrogens (tertiary/aromatic N) is 1. The van der Waals surface area contributed by atoms with E-state index in [1.807, 2.05) is 0 Å². The molecule has 1 fully saturated rings. The highest BCUT2D eigenvalue weighted by Gasteiger charge is 2.36. The summed E-state index contributed by atoms with van der Waals surface area (Å²) in [6, 6.07) is 0. The highest BCUT2D eigenvalue weighted by Crippen LogP contribution is 2.21. The minimum absolute atomic E-state index is 0.143. The van der Waals surface area contributed by atoms with Crippen molar-refractivity contribution in [2.75, 3.05) is 19.6 Å². The maximum Gasteiger partial charge on any atom is 0.319 e. The van der Waals surface area contributed by atoms with Crippen LogP contribution in [0.25, 0.3) is 0 Å². The first-order valence-electron chi connectivity index (χ1n) is 6.07. The van der Waals surface area contributed by atoms with E-state index in [1.165, 1.54) is 0 Å². The van der Waals surface area contributed by atoms with Crippen LogP contribution in [0.15, 0.2) is 0 Å². The van der Waals surface area contributed by atoms with Gasteiger partial charge in [-0.1, -0.05) is 0 Å². The SMILES string of the molecule is CC(C)(C)OC(=O)C1CCCN(CCN)C1=O. The number of nitrogens with two attached hydrogens (primary N) is 1. The Hall–Kier alpha value is -1.10. The van der Waals surface area contributed by atoms with Gasteiger partial charge in [-0.3, -0.25) is 9.59 Å². The molecule has 0 aliphatic carbocycles. The second-order valence-corrected chi connectivity index (χ2v) is 5.34. The number of hydrogen-bond acceptors (Lipinski definition) is 4. The lowest BCUT2D eigenvalue weighted by atomic mass is 9.97. The number of ether oxygens (including phenoxy) is 1. The normalized spacial score (nSPS) is 21.5. The zero-order valence-electron chi connectivity index (χ0n) is 10.9. The lowest BCUT2D eigenvalue weighted by molar-refractivity contribution is -0.166. The Morgan fingerprint density at radius 3 is 2.71 bits per heavy atom. The lowest BCUT2D eigenvalue weighted by Crippen LogP contribution is -2.47. The van der Waals surface area contributed by atoms with Crippen molar-refractivity contribution in [1.29, 1.82) is 0 Å². The monoisotopic (exact) mass is 242 g/mol. The molecular formula is C12H22N2O3. The molecule has 5 heteroatoms. The van der Waals surface area contributed by atoms with E-state index in [1.54, 1.807) is 25.7 Å². The van der Waals surface area contributed by atoms with Crippen molar-refractivity contribution in [3.63, 3.8) is 0 Å². The molecule has 0 aromatic heterocycles. The van der Waals surface area contributed by atoms with Gasteiger partial charge < -0.3 is 15.4 Å². The standard InChI is InChI=1S/C12H22N2O3/c1-12(2,3)17-11(16)9-5-4-7-14(8-6-13)10(9)15/h9H,4-8,13H2,1-3H3. The maximum atomic E-state index is 12.0. The van der Waals surface area contributed by atoms with Crippen molar-refractivity contribution in [3.8, 4) is 0 Å². The van der Waals surface area contributed by atoms with Crippen LogP contribution in [0, 0.1) is 5.92 Å². The Kier molecular flexibility index (Phi) is 4.51. The van der Waals surface area contributed by atoms with E-state index in [9.17, 15) is 9.59 Å².